The van der Waals surface area contributed by atoms with Gasteiger partial charge in [-0.05, 0) is 85.9 Å². The topological polar surface area (TPSA) is 29.1 Å². The fourth-order valence-electron chi connectivity index (χ4n) is 8.47. The van der Waals surface area contributed by atoms with Gasteiger partial charge in [-0.15, -0.1) is 0 Å². The second-order valence-corrected chi connectivity index (χ2v) is 11.5. The maximum Gasteiger partial charge on any atom is 0.139 e. The molecule has 1 aliphatic heterocycles. The lowest BCUT2D eigenvalue weighted by molar-refractivity contribution is -0.146. The Labute approximate surface area is 165 Å². The minimum Gasteiger partial charge on any atom is -0.315 e. The lowest BCUT2D eigenvalue weighted by atomic mass is 9.43. The van der Waals surface area contributed by atoms with Gasteiger partial charge in [0.15, 0.2) is 0 Å². The molecule has 5 rings (SSSR count). The second-order valence-electron chi connectivity index (χ2n) is 11.5. The Bertz CT molecular complexity index is 636. The molecule has 8 atom stereocenters. The quantitative estimate of drug-likeness (QED) is 0.675. The minimum atomic E-state index is 0.0286. The predicted octanol–water partition coefficient (Wildman–Crippen LogP) is 5.24. The highest BCUT2D eigenvalue weighted by molar-refractivity contribution is 5.87. The Morgan fingerprint density at radius 3 is 2.44 bits per heavy atom. The first kappa shape index (κ1) is 18.4. The van der Waals surface area contributed by atoms with Crippen LogP contribution in [0.4, 0.5) is 0 Å². The molecule has 150 valence electrons. The molecular weight excluding hydrogens is 330 g/mol. The van der Waals surface area contributed by atoms with Gasteiger partial charge >= 0.3 is 0 Å². The summed E-state index contributed by atoms with van der Waals surface area (Å²) in [6, 6.07) is 0. The van der Waals surface area contributed by atoms with Gasteiger partial charge in [0.25, 0.3) is 0 Å². The zero-order valence-electron chi connectivity index (χ0n) is 17.7. The molecule has 0 spiro atoms. The highest BCUT2D eigenvalue weighted by atomic mass is 16.1. The number of carbonyl (C=O) groups excluding carboxylic acids is 1. The highest BCUT2D eigenvalue weighted by Gasteiger charge is 2.61. The van der Waals surface area contributed by atoms with Crippen molar-refractivity contribution < 1.29 is 4.79 Å². The third kappa shape index (κ3) is 2.72. The molecule has 1 heterocycles. The summed E-state index contributed by atoms with van der Waals surface area (Å²) in [6.45, 7) is 9.89. The van der Waals surface area contributed by atoms with Gasteiger partial charge in [0.05, 0.1) is 0 Å². The molecule has 4 aliphatic carbocycles. The third-order valence-corrected chi connectivity index (χ3v) is 10.3. The highest BCUT2D eigenvalue weighted by Crippen LogP contribution is 2.67. The van der Waals surface area contributed by atoms with Gasteiger partial charge in [-0.1, -0.05) is 32.9 Å². The van der Waals surface area contributed by atoms with Gasteiger partial charge in [-0.2, -0.15) is 0 Å². The average Bonchev–Trinajstić information content (AvgIpc) is 2.90. The largest absolute Gasteiger partial charge is 0.315 e. The van der Waals surface area contributed by atoms with Crippen molar-refractivity contribution in [2.45, 2.75) is 72.1 Å². The van der Waals surface area contributed by atoms with Gasteiger partial charge in [-0.3, -0.25) is 4.79 Å². The van der Waals surface area contributed by atoms with Crippen LogP contribution < -0.4 is 5.32 Å². The summed E-state index contributed by atoms with van der Waals surface area (Å²) < 4.78 is 0. The van der Waals surface area contributed by atoms with Crippen LogP contribution in [0.15, 0.2) is 12.2 Å². The molecule has 4 saturated carbocycles. The number of carbonyl (C=O) groups is 1. The van der Waals surface area contributed by atoms with Gasteiger partial charge < -0.3 is 5.32 Å². The smallest absolute Gasteiger partial charge is 0.139 e. The Hall–Kier alpha value is -0.630. The zero-order valence-corrected chi connectivity index (χ0v) is 17.7. The standard InChI is InChI=1S/C25H39NO/c1-16-12-19-20-6-7-23(27)25(20,3)11-9-21(19)24(2)10-8-17(13-22(16)24)4-5-18-14-26-15-18/h4-5,16-22,26H,6-15H2,1-3H3/b5-4-/t16-,17+,19-,20-,21-,22?,24+,25-/m0/s1. The lowest BCUT2D eigenvalue weighted by Crippen LogP contribution is -2.55. The van der Waals surface area contributed by atoms with Crippen molar-refractivity contribution in [3.63, 3.8) is 0 Å². The third-order valence-electron chi connectivity index (χ3n) is 10.3. The number of Topliss-reactive ketones (excluding diaryl/α,β-unsaturated/α-hetero) is 1. The van der Waals surface area contributed by atoms with Crippen LogP contribution in [0.25, 0.3) is 0 Å². The molecule has 2 heteroatoms. The minimum absolute atomic E-state index is 0.0286. The van der Waals surface area contributed by atoms with Crippen LogP contribution in [-0.2, 0) is 4.79 Å². The van der Waals surface area contributed by atoms with Crippen LogP contribution in [0.5, 0.6) is 0 Å². The summed E-state index contributed by atoms with van der Waals surface area (Å²) >= 11 is 0. The van der Waals surface area contributed by atoms with Crippen molar-refractivity contribution in [1.82, 2.24) is 5.32 Å². The molecule has 0 aromatic rings. The molecular formula is C25H39NO. The maximum absolute atomic E-state index is 12.6. The molecule has 0 bridgehead atoms. The lowest BCUT2D eigenvalue weighted by Gasteiger charge is -2.62. The van der Waals surface area contributed by atoms with Crippen LogP contribution in [-0.4, -0.2) is 18.9 Å². The molecule has 1 unspecified atom stereocenters. The van der Waals surface area contributed by atoms with Crippen molar-refractivity contribution in [2.75, 3.05) is 13.1 Å². The SMILES string of the molecule is C[C@H]1C[C@@H]2[C@H](CC[C@]3(C)C(=O)CC[C@@H]23)[C@@]2(C)CC[C@@H](/C=C\C3CNC3)CC12. The van der Waals surface area contributed by atoms with Crippen molar-refractivity contribution in [2.24, 2.45) is 52.3 Å². The Morgan fingerprint density at radius 1 is 0.926 bits per heavy atom. The van der Waals surface area contributed by atoms with E-state index < -0.39 is 0 Å². The maximum atomic E-state index is 12.6. The van der Waals surface area contributed by atoms with Gasteiger partial charge in [0.2, 0.25) is 0 Å². The summed E-state index contributed by atoms with van der Waals surface area (Å²) in [5.74, 6) is 6.30. The van der Waals surface area contributed by atoms with E-state index in [0.717, 1.165) is 41.9 Å². The number of rotatable bonds is 2. The molecule has 0 aromatic heterocycles. The van der Waals surface area contributed by atoms with Crippen LogP contribution in [0.2, 0.25) is 0 Å². The average molecular weight is 370 g/mol. The number of hydrogen-bond donors (Lipinski definition) is 1. The van der Waals surface area contributed by atoms with Crippen molar-refractivity contribution >= 4 is 5.78 Å². The normalized spacial score (nSPS) is 52.9. The Kier molecular flexibility index (Phi) is 4.39. The van der Waals surface area contributed by atoms with E-state index in [9.17, 15) is 4.79 Å². The van der Waals surface area contributed by atoms with E-state index in [1.54, 1.807) is 0 Å². The van der Waals surface area contributed by atoms with Crippen LogP contribution in [0, 0.1) is 52.3 Å². The fraction of sp³-hybridized carbons (Fsp3) is 0.880. The zero-order chi connectivity index (χ0) is 18.8. The number of nitrogens with one attached hydrogen (secondary N) is 1. The molecule has 5 aliphatic rings. The Morgan fingerprint density at radius 2 is 1.70 bits per heavy atom. The second kappa shape index (κ2) is 6.44. The molecule has 2 nitrogen and oxygen atoms in total. The summed E-state index contributed by atoms with van der Waals surface area (Å²) in [7, 11) is 0. The van der Waals surface area contributed by atoms with Crippen molar-refractivity contribution in [3.05, 3.63) is 12.2 Å². The number of ketones is 1. The fourth-order valence-corrected chi connectivity index (χ4v) is 8.47. The van der Waals surface area contributed by atoms with E-state index in [4.69, 9.17) is 0 Å². The number of allylic oxidation sites excluding steroid dienone is 1. The van der Waals surface area contributed by atoms with E-state index >= 15 is 0 Å². The first-order valence-corrected chi connectivity index (χ1v) is 11.8. The van der Waals surface area contributed by atoms with Crippen molar-refractivity contribution in [1.29, 1.82) is 0 Å². The van der Waals surface area contributed by atoms with E-state index in [1.165, 1.54) is 58.0 Å². The van der Waals surface area contributed by atoms with Gasteiger partial charge in [0.1, 0.15) is 5.78 Å². The summed E-state index contributed by atoms with van der Waals surface area (Å²) in [5, 5.41) is 3.39. The van der Waals surface area contributed by atoms with Crippen molar-refractivity contribution in [3.8, 4) is 0 Å². The van der Waals surface area contributed by atoms with Gasteiger partial charge in [0, 0.05) is 30.8 Å². The summed E-state index contributed by atoms with van der Waals surface area (Å²) in [4.78, 5) is 12.6. The molecule has 0 radical (unpaired) electrons. The van der Waals surface area contributed by atoms with E-state index in [-0.39, 0.29) is 5.41 Å². The monoisotopic (exact) mass is 369 g/mol. The molecule has 1 N–H and O–H groups in total. The molecule has 27 heavy (non-hydrogen) atoms. The van der Waals surface area contributed by atoms with Gasteiger partial charge in [-0.25, -0.2) is 0 Å². The van der Waals surface area contributed by atoms with E-state index in [2.05, 4.69) is 38.2 Å². The van der Waals surface area contributed by atoms with Crippen LogP contribution in [0.1, 0.15) is 72.1 Å². The summed E-state index contributed by atoms with van der Waals surface area (Å²) in [6.07, 6.45) is 15.2. The Balaban J connectivity index is 1.35. The van der Waals surface area contributed by atoms with E-state index in [0.29, 0.717) is 17.1 Å². The number of hydrogen-bond acceptors (Lipinski definition) is 2. The molecule has 0 amide bonds. The molecule has 1 saturated heterocycles. The van der Waals surface area contributed by atoms with Crippen LogP contribution >= 0.6 is 0 Å². The number of fused-ring (bicyclic) bond motifs is 5. The van der Waals surface area contributed by atoms with E-state index in [1.807, 2.05) is 0 Å². The summed E-state index contributed by atoms with van der Waals surface area (Å²) in [5.41, 5.74) is 0.554. The first-order valence-electron chi connectivity index (χ1n) is 11.8. The molecule has 0 aromatic carbocycles. The predicted molar refractivity (Wildman–Crippen MR) is 110 cm³/mol. The molecule has 5 fully saturated rings. The van der Waals surface area contributed by atoms with Crippen LogP contribution in [0.3, 0.4) is 0 Å². The first-order chi connectivity index (χ1) is 12.9.